The molecule has 1 aliphatic rings. The van der Waals surface area contributed by atoms with Crippen molar-refractivity contribution in [3.63, 3.8) is 0 Å². The van der Waals surface area contributed by atoms with Crippen molar-refractivity contribution in [2.24, 2.45) is 5.92 Å². The minimum Gasteiger partial charge on any atom is -0.385 e. The van der Waals surface area contributed by atoms with Crippen LogP contribution < -0.4 is 5.32 Å². The first kappa shape index (κ1) is 9.96. The molecule has 0 aromatic heterocycles. The van der Waals surface area contributed by atoms with Gasteiger partial charge in [0.15, 0.2) is 0 Å². The van der Waals surface area contributed by atoms with Gasteiger partial charge in [-0.3, -0.25) is 10.1 Å². The molecule has 0 radical (unpaired) electrons. The standard InChI is InChI=1S/C11H14N2O2/c1-8-2-5-10(6-11(8)13(14)15)12-7-9-3-4-9/h2,5-6,9,12H,3-4,7H2,1H3. The molecule has 4 heteroatoms. The Morgan fingerprint density at radius 1 is 1.53 bits per heavy atom. The van der Waals surface area contributed by atoms with E-state index in [2.05, 4.69) is 5.32 Å². The first-order valence-corrected chi connectivity index (χ1v) is 5.16. The zero-order chi connectivity index (χ0) is 10.8. The molecule has 0 spiro atoms. The normalized spacial score (nSPS) is 15.0. The van der Waals surface area contributed by atoms with E-state index in [4.69, 9.17) is 0 Å². The molecule has 1 aliphatic carbocycles. The van der Waals surface area contributed by atoms with Gasteiger partial charge in [0.2, 0.25) is 0 Å². The maximum Gasteiger partial charge on any atom is 0.274 e. The van der Waals surface area contributed by atoms with E-state index in [1.54, 1.807) is 19.1 Å². The van der Waals surface area contributed by atoms with Crippen LogP contribution in [0, 0.1) is 23.0 Å². The van der Waals surface area contributed by atoms with Crippen molar-refractivity contribution in [2.45, 2.75) is 19.8 Å². The highest BCUT2D eigenvalue weighted by Gasteiger charge is 2.21. The van der Waals surface area contributed by atoms with Crippen LogP contribution in [-0.2, 0) is 0 Å². The van der Waals surface area contributed by atoms with Crippen LogP contribution in [0.4, 0.5) is 11.4 Å². The summed E-state index contributed by atoms with van der Waals surface area (Å²) < 4.78 is 0. The third kappa shape index (κ3) is 2.46. The van der Waals surface area contributed by atoms with Gasteiger partial charge in [-0.1, -0.05) is 6.07 Å². The van der Waals surface area contributed by atoms with Gasteiger partial charge in [0.05, 0.1) is 4.92 Å². The van der Waals surface area contributed by atoms with Gasteiger partial charge in [-0.25, -0.2) is 0 Å². The molecule has 0 atom stereocenters. The summed E-state index contributed by atoms with van der Waals surface area (Å²) in [5.41, 5.74) is 1.74. The van der Waals surface area contributed by atoms with Gasteiger partial charge in [-0.05, 0) is 31.7 Å². The van der Waals surface area contributed by atoms with E-state index < -0.39 is 0 Å². The molecule has 0 heterocycles. The van der Waals surface area contributed by atoms with Gasteiger partial charge in [-0.2, -0.15) is 0 Å². The van der Waals surface area contributed by atoms with Gasteiger partial charge in [0, 0.05) is 23.9 Å². The molecule has 1 saturated carbocycles. The summed E-state index contributed by atoms with van der Waals surface area (Å²) in [6.45, 7) is 2.68. The number of nitro benzene ring substituents is 1. The van der Waals surface area contributed by atoms with Gasteiger partial charge >= 0.3 is 0 Å². The zero-order valence-electron chi connectivity index (χ0n) is 8.69. The number of hydrogen-bond acceptors (Lipinski definition) is 3. The summed E-state index contributed by atoms with van der Waals surface area (Å²) in [5.74, 6) is 0.769. The molecule has 4 nitrogen and oxygen atoms in total. The topological polar surface area (TPSA) is 55.2 Å². The highest BCUT2D eigenvalue weighted by molar-refractivity contribution is 5.54. The van der Waals surface area contributed by atoms with Crippen LogP contribution in [0.15, 0.2) is 18.2 Å². The Labute approximate surface area is 88.5 Å². The third-order valence-corrected chi connectivity index (χ3v) is 2.70. The molecule has 0 amide bonds. The molecule has 1 N–H and O–H groups in total. The van der Waals surface area contributed by atoms with Gasteiger partial charge < -0.3 is 5.32 Å². The fraction of sp³-hybridized carbons (Fsp3) is 0.455. The van der Waals surface area contributed by atoms with Crippen molar-refractivity contribution in [2.75, 3.05) is 11.9 Å². The van der Waals surface area contributed by atoms with Crippen LogP contribution in [0.3, 0.4) is 0 Å². The number of hydrogen-bond donors (Lipinski definition) is 1. The molecule has 0 unspecified atom stereocenters. The monoisotopic (exact) mass is 206 g/mol. The summed E-state index contributed by atoms with van der Waals surface area (Å²) in [6.07, 6.45) is 2.56. The Hall–Kier alpha value is -1.58. The van der Waals surface area contributed by atoms with Crippen molar-refractivity contribution in [3.8, 4) is 0 Å². The van der Waals surface area contributed by atoms with E-state index in [-0.39, 0.29) is 10.6 Å². The molecular formula is C11H14N2O2. The summed E-state index contributed by atoms with van der Waals surface area (Å²) >= 11 is 0. The van der Waals surface area contributed by atoms with Crippen LogP contribution in [0.5, 0.6) is 0 Å². The lowest BCUT2D eigenvalue weighted by molar-refractivity contribution is -0.385. The Morgan fingerprint density at radius 3 is 2.87 bits per heavy atom. The van der Waals surface area contributed by atoms with Crippen molar-refractivity contribution in [1.29, 1.82) is 0 Å². The minimum absolute atomic E-state index is 0.191. The molecular weight excluding hydrogens is 192 g/mol. The quantitative estimate of drug-likeness (QED) is 0.608. The summed E-state index contributed by atoms with van der Waals surface area (Å²) in [7, 11) is 0. The van der Waals surface area contributed by atoms with E-state index in [0.29, 0.717) is 5.56 Å². The molecule has 0 saturated heterocycles. The van der Waals surface area contributed by atoms with Crippen molar-refractivity contribution >= 4 is 11.4 Å². The van der Waals surface area contributed by atoms with Gasteiger partial charge in [0.1, 0.15) is 0 Å². The maximum atomic E-state index is 10.7. The van der Waals surface area contributed by atoms with Gasteiger partial charge in [-0.15, -0.1) is 0 Å². The summed E-state index contributed by atoms with van der Waals surface area (Å²) in [5, 5.41) is 13.9. The summed E-state index contributed by atoms with van der Waals surface area (Å²) in [4.78, 5) is 10.4. The Morgan fingerprint density at radius 2 is 2.27 bits per heavy atom. The van der Waals surface area contributed by atoms with E-state index in [1.165, 1.54) is 12.8 Å². The van der Waals surface area contributed by atoms with Crippen molar-refractivity contribution < 1.29 is 4.92 Å². The average Bonchev–Trinajstić information content (AvgIpc) is 3.00. The van der Waals surface area contributed by atoms with Crippen LogP contribution in [0.1, 0.15) is 18.4 Å². The highest BCUT2D eigenvalue weighted by Crippen LogP contribution is 2.29. The van der Waals surface area contributed by atoms with E-state index >= 15 is 0 Å². The molecule has 0 aliphatic heterocycles. The molecule has 15 heavy (non-hydrogen) atoms. The Bertz CT molecular complexity index is 386. The lowest BCUT2D eigenvalue weighted by atomic mass is 10.2. The van der Waals surface area contributed by atoms with Crippen LogP contribution in [0.25, 0.3) is 0 Å². The number of benzene rings is 1. The SMILES string of the molecule is Cc1ccc(NCC2CC2)cc1[N+](=O)[O-]. The van der Waals surface area contributed by atoms with Crippen molar-refractivity contribution in [3.05, 3.63) is 33.9 Å². The number of nitrogens with one attached hydrogen (secondary N) is 1. The minimum atomic E-state index is -0.336. The second-order valence-corrected chi connectivity index (χ2v) is 4.08. The number of nitrogens with zero attached hydrogens (tertiary/aromatic N) is 1. The van der Waals surface area contributed by atoms with Crippen molar-refractivity contribution in [1.82, 2.24) is 0 Å². The van der Waals surface area contributed by atoms with Gasteiger partial charge in [0.25, 0.3) is 5.69 Å². The highest BCUT2D eigenvalue weighted by atomic mass is 16.6. The van der Waals surface area contributed by atoms with E-state index in [9.17, 15) is 10.1 Å². The third-order valence-electron chi connectivity index (χ3n) is 2.70. The molecule has 2 rings (SSSR count). The lowest BCUT2D eigenvalue weighted by Crippen LogP contribution is -2.03. The largest absolute Gasteiger partial charge is 0.385 e. The number of anilines is 1. The summed E-state index contributed by atoms with van der Waals surface area (Å²) in [6, 6.07) is 5.29. The van der Waals surface area contributed by atoms with Crippen LogP contribution >= 0.6 is 0 Å². The van der Waals surface area contributed by atoms with Crippen LogP contribution in [0.2, 0.25) is 0 Å². The van der Waals surface area contributed by atoms with E-state index in [0.717, 1.165) is 18.2 Å². The second kappa shape index (κ2) is 3.88. The number of aryl methyl sites for hydroxylation is 1. The molecule has 1 aromatic rings. The molecule has 0 bridgehead atoms. The molecule has 1 fully saturated rings. The fourth-order valence-corrected chi connectivity index (χ4v) is 1.50. The smallest absolute Gasteiger partial charge is 0.274 e. The first-order chi connectivity index (χ1) is 7.16. The predicted octanol–water partition coefficient (Wildman–Crippen LogP) is 2.73. The van der Waals surface area contributed by atoms with Crippen LogP contribution in [-0.4, -0.2) is 11.5 Å². The Balaban J connectivity index is 2.10. The first-order valence-electron chi connectivity index (χ1n) is 5.16. The van der Waals surface area contributed by atoms with E-state index in [1.807, 2.05) is 6.07 Å². The fourth-order valence-electron chi connectivity index (χ4n) is 1.50. The number of rotatable bonds is 4. The second-order valence-electron chi connectivity index (χ2n) is 4.08. The maximum absolute atomic E-state index is 10.7. The Kier molecular flexibility index (Phi) is 2.58. The average molecular weight is 206 g/mol. The predicted molar refractivity (Wildman–Crippen MR) is 59.0 cm³/mol. The number of nitro groups is 1. The zero-order valence-corrected chi connectivity index (χ0v) is 8.69. The lowest BCUT2D eigenvalue weighted by Gasteiger charge is -2.05. The molecule has 1 aromatic carbocycles. The molecule has 80 valence electrons.